The van der Waals surface area contributed by atoms with Gasteiger partial charge in [0, 0.05) is 38.9 Å². The maximum Gasteiger partial charge on any atom is 0.431 e. The molecule has 0 aliphatic rings. The zero-order chi connectivity index (χ0) is 18.8. The number of rotatable bonds is 8. The quantitative estimate of drug-likeness (QED) is 0.373. The molecule has 0 bridgehead atoms. The first-order chi connectivity index (χ1) is 11.0. The van der Waals surface area contributed by atoms with Crippen LogP contribution in [0.4, 0.5) is 4.79 Å². The predicted octanol–water partition coefficient (Wildman–Crippen LogP) is 0.514. The first-order valence-electron chi connectivity index (χ1n) is 7.68. The van der Waals surface area contributed by atoms with E-state index in [9.17, 15) is 19.2 Å². The fourth-order valence-corrected chi connectivity index (χ4v) is 1.56. The number of carbonyl (C=O) groups is 4. The monoisotopic (exact) mass is 345 g/mol. The fraction of sp³-hybridized carbons (Fsp3) is 0.733. The first-order valence-corrected chi connectivity index (χ1v) is 7.68. The zero-order valence-electron chi connectivity index (χ0n) is 14.7. The number of ether oxygens (including phenoxy) is 1. The van der Waals surface area contributed by atoms with Crippen molar-refractivity contribution in [1.82, 2.24) is 10.4 Å². The molecule has 0 radical (unpaired) electrons. The van der Waals surface area contributed by atoms with Crippen molar-refractivity contribution < 1.29 is 28.8 Å². The lowest BCUT2D eigenvalue weighted by atomic mass is 10.1. The summed E-state index contributed by atoms with van der Waals surface area (Å²) < 4.78 is 5.15. The number of esters is 1. The molecule has 0 heterocycles. The summed E-state index contributed by atoms with van der Waals surface area (Å²) in [6.07, 6.45) is 0.259. The molecule has 0 aliphatic heterocycles. The van der Waals surface area contributed by atoms with Crippen LogP contribution in [0.15, 0.2) is 0 Å². The van der Waals surface area contributed by atoms with Crippen LogP contribution in [0.25, 0.3) is 0 Å². The molecule has 1 unspecified atom stereocenters. The highest BCUT2D eigenvalue weighted by atomic mass is 16.7. The minimum atomic E-state index is -0.843. The van der Waals surface area contributed by atoms with Gasteiger partial charge in [-0.15, -0.1) is 0 Å². The Hall–Kier alpha value is -2.16. The summed E-state index contributed by atoms with van der Waals surface area (Å²) in [5, 5.41) is 3.15. The van der Waals surface area contributed by atoms with E-state index in [1.54, 1.807) is 20.8 Å². The minimum Gasteiger partial charge on any atom is -0.460 e. The lowest BCUT2D eigenvalue weighted by Gasteiger charge is -2.20. The van der Waals surface area contributed by atoms with Gasteiger partial charge in [0.25, 0.3) is 5.91 Å². The molecule has 0 aromatic rings. The van der Waals surface area contributed by atoms with Crippen molar-refractivity contribution in [3.05, 3.63) is 0 Å². The van der Waals surface area contributed by atoms with E-state index < -0.39 is 23.6 Å². The van der Waals surface area contributed by atoms with E-state index in [2.05, 4.69) is 5.32 Å². The molecule has 0 fully saturated rings. The number of carbonyl (C=O) groups excluding carboxylic acids is 4. The standard InChI is InChI=1S/C15H27N3O6/c1-15(2,3)23-13(21)8-7-11(16)10-17-14(22)24-18(4)12(20)6-5-9-19/h9,11H,5-8,10,16H2,1-4H3,(H,17,22). The van der Waals surface area contributed by atoms with Crippen molar-refractivity contribution in [2.24, 2.45) is 5.73 Å². The summed E-state index contributed by atoms with van der Waals surface area (Å²) in [5.74, 6) is -0.854. The molecule has 1 atom stereocenters. The zero-order valence-corrected chi connectivity index (χ0v) is 14.7. The number of nitrogens with zero attached hydrogens (tertiary/aromatic N) is 1. The Balaban J connectivity index is 3.99. The third-order valence-electron chi connectivity index (χ3n) is 2.69. The number of aldehydes is 1. The van der Waals surface area contributed by atoms with Gasteiger partial charge < -0.3 is 25.4 Å². The van der Waals surface area contributed by atoms with E-state index in [-0.39, 0.29) is 31.8 Å². The average molecular weight is 345 g/mol. The summed E-state index contributed by atoms with van der Waals surface area (Å²) >= 11 is 0. The van der Waals surface area contributed by atoms with Crippen LogP contribution >= 0.6 is 0 Å². The van der Waals surface area contributed by atoms with E-state index in [1.165, 1.54) is 7.05 Å². The molecule has 0 spiro atoms. The van der Waals surface area contributed by atoms with Crippen molar-refractivity contribution in [2.75, 3.05) is 13.6 Å². The van der Waals surface area contributed by atoms with E-state index >= 15 is 0 Å². The van der Waals surface area contributed by atoms with Gasteiger partial charge in [-0.25, -0.2) is 4.79 Å². The Morgan fingerprint density at radius 2 is 1.88 bits per heavy atom. The molecule has 0 saturated heterocycles. The number of amides is 2. The number of hydrogen-bond acceptors (Lipinski definition) is 7. The Morgan fingerprint density at radius 3 is 2.42 bits per heavy atom. The number of nitrogens with two attached hydrogens (primary N) is 1. The van der Waals surface area contributed by atoms with Gasteiger partial charge in [-0.1, -0.05) is 0 Å². The van der Waals surface area contributed by atoms with Gasteiger partial charge >= 0.3 is 12.1 Å². The molecule has 24 heavy (non-hydrogen) atoms. The first kappa shape index (κ1) is 21.8. The Bertz CT molecular complexity index is 447. The fourth-order valence-electron chi connectivity index (χ4n) is 1.56. The van der Waals surface area contributed by atoms with Gasteiger partial charge in [-0.2, -0.15) is 5.06 Å². The summed E-state index contributed by atoms with van der Waals surface area (Å²) in [5.41, 5.74) is 5.24. The summed E-state index contributed by atoms with van der Waals surface area (Å²) in [7, 11) is 1.27. The Kier molecular flexibility index (Phi) is 9.63. The van der Waals surface area contributed by atoms with Gasteiger partial charge in [0.15, 0.2) is 0 Å². The second-order valence-electron chi connectivity index (χ2n) is 6.24. The molecule has 0 saturated carbocycles. The van der Waals surface area contributed by atoms with Crippen LogP contribution in [-0.4, -0.2) is 54.6 Å². The second kappa shape index (κ2) is 10.6. The van der Waals surface area contributed by atoms with Crippen LogP contribution in [0.5, 0.6) is 0 Å². The highest BCUT2D eigenvalue weighted by Gasteiger charge is 2.18. The van der Waals surface area contributed by atoms with Gasteiger partial charge in [-0.3, -0.25) is 9.59 Å². The topological polar surface area (TPSA) is 128 Å². The van der Waals surface area contributed by atoms with Crippen molar-refractivity contribution in [2.45, 2.75) is 58.1 Å². The van der Waals surface area contributed by atoms with Crippen LogP contribution in [0.3, 0.4) is 0 Å². The van der Waals surface area contributed by atoms with E-state index in [0.717, 1.165) is 5.06 Å². The van der Waals surface area contributed by atoms with Crippen LogP contribution in [0, 0.1) is 0 Å². The highest BCUT2D eigenvalue weighted by molar-refractivity contribution is 5.79. The van der Waals surface area contributed by atoms with Crippen LogP contribution < -0.4 is 11.1 Å². The highest BCUT2D eigenvalue weighted by Crippen LogP contribution is 2.09. The second-order valence-corrected chi connectivity index (χ2v) is 6.24. The molecule has 0 rings (SSSR count). The lowest BCUT2D eigenvalue weighted by Crippen LogP contribution is -2.41. The molecule has 0 aromatic carbocycles. The third-order valence-corrected chi connectivity index (χ3v) is 2.69. The van der Waals surface area contributed by atoms with E-state index in [4.69, 9.17) is 15.3 Å². The largest absolute Gasteiger partial charge is 0.460 e. The summed E-state index contributed by atoms with van der Waals surface area (Å²) in [6, 6.07) is -0.457. The minimum absolute atomic E-state index is 0.0390. The number of nitrogens with one attached hydrogen (secondary N) is 1. The third kappa shape index (κ3) is 11.4. The van der Waals surface area contributed by atoms with E-state index in [1.807, 2.05) is 0 Å². The van der Waals surface area contributed by atoms with Gasteiger partial charge in [-0.05, 0) is 27.2 Å². The van der Waals surface area contributed by atoms with E-state index in [0.29, 0.717) is 12.7 Å². The normalized spacial score (nSPS) is 12.0. The molecule has 0 aromatic heterocycles. The molecule has 9 heteroatoms. The van der Waals surface area contributed by atoms with Crippen molar-refractivity contribution in [3.63, 3.8) is 0 Å². The number of hydrogen-bond donors (Lipinski definition) is 2. The molecule has 138 valence electrons. The Labute approximate surface area is 141 Å². The maximum absolute atomic E-state index is 11.5. The summed E-state index contributed by atoms with van der Waals surface area (Å²) in [4.78, 5) is 49.4. The Morgan fingerprint density at radius 1 is 1.25 bits per heavy atom. The molecule has 0 aliphatic carbocycles. The van der Waals surface area contributed by atoms with Crippen molar-refractivity contribution >= 4 is 24.3 Å². The smallest absolute Gasteiger partial charge is 0.431 e. The molecule has 9 nitrogen and oxygen atoms in total. The molecule has 3 N–H and O–H groups in total. The lowest BCUT2D eigenvalue weighted by molar-refractivity contribution is -0.160. The SMILES string of the molecule is CN(OC(=O)NCC(N)CCC(=O)OC(C)(C)C)C(=O)CCC=O. The van der Waals surface area contributed by atoms with Crippen molar-refractivity contribution in [1.29, 1.82) is 0 Å². The van der Waals surface area contributed by atoms with Crippen LogP contribution in [-0.2, 0) is 24.0 Å². The molecular formula is C15H27N3O6. The van der Waals surface area contributed by atoms with Crippen LogP contribution in [0.1, 0.15) is 46.5 Å². The maximum atomic E-state index is 11.5. The van der Waals surface area contributed by atoms with Crippen LogP contribution in [0.2, 0.25) is 0 Å². The number of hydroxylamine groups is 2. The predicted molar refractivity (Wildman–Crippen MR) is 85.6 cm³/mol. The van der Waals surface area contributed by atoms with Gasteiger partial charge in [0.2, 0.25) is 0 Å². The van der Waals surface area contributed by atoms with Gasteiger partial charge in [0.1, 0.15) is 11.9 Å². The van der Waals surface area contributed by atoms with Gasteiger partial charge in [0.05, 0.1) is 0 Å². The molecule has 2 amide bonds. The molecular weight excluding hydrogens is 318 g/mol. The average Bonchev–Trinajstić information content (AvgIpc) is 2.46. The summed E-state index contributed by atoms with van der Waals surface area (Å²) in [6.45, 7) is 5.40. The van der Waals surface area contributed by atoms with Crippen molar-refractivity contribution in [3.8, 4) is 0 Å².